The Bertz CT molecular complexity index is 2000. The molecule has 0 radical (unpaired) electrons. The SMILES string of the molecule is CC=CC=CC(=O)O.CC=CC=CC(=O)[O-].CC=CC=CC(=O)[O-].CC=CC=CC(=O)[O-].CC=CC=CC(=O)[O-].CC=CC=CC(=O)[O-].CC=CC=CC(=O)[O-].CC=CC=CC(=O)[O-].CC=CC=CC(=O)[O-].CC=CC=CC(=O)[O-].CC=CC=CC(=O)[O-].[K+].[K+].[K+].[K+].[K+].[K+].[K+].[K+].[K+].[K+]. The summed E-state index contributed by atoms with van der Waals surface area (Å²) in [4.78, 5) is 106. The molecular formula is C66H78K10O22. The molecule has 1 N–H and O–H groups in total. The third-order valence-corrected chi connectivity index (χ3v) is 5.90. The number of hydrogen-bond acceptors (Lipinski definition) is 21. The van der Waals surface area contributed by atoms with Gasteiger partial charge in [-0.05, 0) is 137 Å². The van der Waals surface area contributed by atoms with Crippen molar-refractivity contribution in [3.05, 3.63) is 267 Å². The second kappa shape index (κ2) is 155. The van der Waals surface area contributed by atoms with Crippen LogP contribution in [-0.2, 0) is 52.7 Å². The van der Waals surface area contributed by atoms with Gasteiger partial charge in [0.2, 0.25) is 0 Å². The van der Waals surface area contributed by atoms with Crippen LogP contribution in [0.4, 0.5) is 0 Å². The summed E-state index contributed by atoms with van der Waals surface area (Å²) in [5, 5.41) is 104. The Kier molecular flexibility index (Phi) is 251. The Morgan fingerprint density at radius 2 is 0.235 bits per heavy atom. The van der Waals surface area contributed by atoms with Gasteiger partial charge in [-0.15, -0.1) is 0 Å². The molecule has 0 unspecified atom stereocenters. The Morgan fingerprint density at radius 3 is 0.286 bits per heavy atom. The third kappa shape index (κ3) is 281. The standard InChI is InChI=1S/11C6H8O2.10K/c11*1-2-3-4-5-6(7)8;;;;;;;;;;/h11*2-5H,1H3,(H,7,8);;;;;;;;;;/q;;;;;;;;;;;10*+1/p-10. The van der Waals surface area contributed by atoms with Gasteiger partial charge < -0.3 is 104 Å². The van der Waals surface area contributed by atoms with Crippen LogP contribution in [0.1, 0.15) is 76.2 Å². The molecule has 0 bridgehead atoms. The molecule has 0 rings (SSSR count). The molecule has 0 saturated heterocycles. The molecule has 32 heteroatoms. The Morgan fingerprint density at radius 1 is 0.163 bits per heavy atom. The van der Waals surface area contributed by atoms with Crippen LogP contribution in [0.25, 0.3) is 0 Å². The fourth-order valence-electron chi connectivity index (χ4n) is 2.70. The van der Waals surface area contributed by atoms with Crippen molar-refractivity contribution in [2.24, 2.45) is 0 Å². The first-order chi connectivity index (χ1) is 41.5. The van der Waals surface area contributed by atoms with Crippen molar-refractivity contribution in [1.82, 2.24) is 0 Å². The van der Waals surface area contributed by atoms with Crippen LogP contribution in [-0.4, -0.2) is 70.8 Å². The molecule has 22 nitrogen and oxygen atoms in total. The smallest absolute Gasteiger partial charge is 0.545 e. The van der Waals surface area contributed by atoms with Gasteiger partial charge in [-0.1, -0.05) is 201 Å². The molecule has 0 aliphatic heterocycles. The summed E-state index contributed by atoms with van der Waals surface area (Å²) >= 11 is 0. The zero-order chi connectivity index (χ0) is 70.5. The first kappa shape index (κ1) is 159. The Balaban J connectivity index is -0.0000000347. The molecule has 484 valence electrons. The average molecular weight is 1610 g/mol. The van der Waals surface area contributed by atoms with Crippen molar-refractivity contribution < 1.29 is 623 Å². The molecule has 0 aromatic rings. The van der Waals surface area contributed by atoms with Gasteiger partial charge in [-0.25, -0.2) is 4.79 Å². The van der Waals surface area contributed by atoms with Crippen molar-refractivity contribution in [3.8, 4) is 0 Å². The number of carboxylic acid groups (broad SMARTS) is 11. The van der Waals surface area contributed by atoms with Gasteiger partial charge in [0.15, 0.2) is 0 Å². The molecule has 0 amide bonds. The minimum absolute atomic E-state index is 0. The summed E-state index contributed by atoms with van der Waals surface area (Å²) in [6.07, 6.45) is 63.4. The van der Waals surface area contributed by atoms with Crippen LogP contribution < -0.4 is 565 Å². The maximum absolute atomic E-state index is 9.75. The zero-order valence-corrected chi connectivity index (χ0v) is 92.2. The summed E-state index contributed by atoms with van der Waals surface area (Å²) in [6, 6.07) is 0. The first-order valence-electron chi connectivity index (χ1n) is 25.0. The van der Waals surface area contributed by atoms with Crippen molar-refractivity contribution in [2.45, 2.75) is 76.2 Å². The van der Waals surface area contributed by atoms with Crippen LogP contribution in [0, 0.1) is 0 Å². The van der Waals surface area contributed by atoms with E-state index in [-0.39, 0.29) is 514 Å². The molecule has 0 aromatic carbocycles. The van der Waals surface area contributed by atoms with E-state index in [4.69, 9.17) is 5.11 Å². The van der Waals surface area contributed by atoms with E-state index in [0.717, 1.165) is 66.8 Å². The number of carbonyl (C=O) groups excluding carboxylic acids is 10. The molecule has 0 aliphatic rings. The van der Waals surface area contributed by atoms with Crippen LogP contribution in [0.3, 0.4) is 0 Å². The Labute approximate surface area is 1010 Å². The molecule has 0 heterocycles. The number of hydrogen-bond donors (Lipinski definition) is 1. The Hall–Kier alpha value is 4.81. The number of carboxylic acids is 11. The second-order valence-electron chi connectivity index (χ2n) is 13.3. The van der Waals surface area contributed by atoms with Gasteiger partial charge in [-0.3, -0.25) is 0 Å². The normalized spacial score (nSPS) is 9.99. The molecule has 98 heavy (non-hydrogen) atoms. The van der Waals surface area contributed by atoms with E-state index < -0.39 is 65.7 Å². The van der Waals surface area contributed by atoms with E-state index in [0.29, 0.717) is 0 Å². The monoisotopic (exact) mass is 1610 g/mol. The maximum atomic E-state index is 9.75. The van der Waals surface area contributed by atoms with Gasteiger partial charge in [0, 0.05) is 6.08 Å². The van der Waals surface area contributed by atoms with E-state index in [9.17, 15) is 104 Å². The fraction of sp³-hybridized carbons (Fsp3) is 0.167. The number of aliphatic carboxylic acids is 11. The predicted molar refractivity (Wildman–Crippen MR) is 321 cm³/mol. The second-order valence-corrected chi connectivity index (χ2v) is 13.3. The van der Waals surface area contributed by atoms with Gasteiger partial charge in [0.05, 0.1) is 59.7 Å². The van der Waals surface area contributed by atoms with Crippen LogP contribution in [0.5, 0.6) is 0 Å². The fourth-order valence-corrected chi connectivity index (χ4v) is 2.70. The largest absolute Gasteiger partial charge is 1.00 e. The summed E-state index contributed by atoms with van der Waals surface area (Å²) in [5.74, 6) is -12.6. The summed E-state index contributed by atoms with van der Waals surface area (Å²) in [5.41, 5.74) is 0. The van der Waals surface area contributed by atoms with Crippen molar-refractivity contribution in [2.75, 3.05) is 0 Å². The topological polar surface area (TPSA) is 439 Å². The quantitative estimate of drug-likeness (QED) is 0.0597. The third-order valence-electron chi connectivity index (χ3n) is 5.90. The van der Waals surface area contributed by atoms with Crippen molar-refractivity contribution >= 4 is 65.7 Å². The van der Waals surface area contributed by atoms with Gasteiger partial charge >= 0.3 is 520 Å². The van der Waals surface area contributed by atoms with Crippen LogP contribution >= 0.6 is 0 Å². The van der Waals surface area contributed by atoms with E-state index >= 15 is 0 Å². The molecule has 0 spiro atoms. The minimum Gasteiger partial charge on any atom is -0.545 e. The number of allylic oxidation sites excluding steroid dienone is 33. The van der Waals surface area contributed by atoms with E-state index in [1.54, 1.807) is 203 Å². The zero-order valence-electron chi connectivity index (χ0n) is 60.9. The van der Waals surface area contributed by atoms with Gasteiger partial charge in [-0.2, -0.15) is 0 Å². The molecule has 0 aromatic heterocycles. The van der Waals surface area contributed by atoms with E-state index in [1.807, 2.05) is 6.92 Å². The molecular weight excluding hydrogens is 1540 g/mol. The average Bonchev–Trinajstić information content (AvgIpc) is 3.45. The maximum Gasteiger partial charge on any atom is 1.00 e. The molecule has 0 fully saturated rings. The molecule has 0 aliphatic carbocycles. The van der Waals surface area contributed by atoms with Crippen LogP contribution in [0.2, 0.25) is 0 Å². The van der Waals surface area contributed by atoms with Crippen molar-refractivity contribution in [3.63, 3.8) is 0 Å². The summed E-state index contributed by atoms with van der Waals surface area (Å²) < 4.78 is 0. The summed E-state index contributed by atoms with van der Waals surface area (Å²) in [7, 11) is 0. The van der Waals surface area contributed by atoms with Gasteiger partial charge in [0.25, 0.3) is 0 Å². The van der Waals surface area contributed by atoms with Crippen LogP contribution in [0.15, 0.2) is 267 Å². The van der Waals surface area contributed by atoms with Crippen molar-refractivity contribution in [1.29, 1.82) is 0 Å². The first-order valence-corrected chi connectivity index (χ1v) is 25.0. The van der Waals surface area contributed by atoms with E-state index in [2.05, 4.69) is 0 Å². The summed E-state index contributed by atoms with van der Waals surface area (Å²) in [6.45, 7) is 19.9. The number of rotatable bonds is 22. The minimum atomic E-state index is -1.16. The number of carbonyl (C=O) groups is 11. The molecule has 0 saturated carbocycles. The van der Waals surface area contributed by atoms with E-state index in [1.165, 1.54) is 66.8 Å². The van der Waals surface area contributed by atoms with Gasteiger partial charge in [0.1, 0.15) is 0 Å². The predicted octanol–water partition coefficient (Wildman–Crippen LogP) is -30.1. The molecule has 0 atom stereocenters.